The summed E-state index contributed by atoms with van der Waals surface area (Å²) in [6.07, 6.45) is 1.48. The first-order valence-corrected chi connectivity index (χ1v) is 9.00. The largest absolute Gasteiger partial charge is 0.494 e. The van der Waals surface area contributed by atoms with Gasteiger partial charge in [0.1, 0.15) is 11.6 Å². The van der Waals surface area contributed by atoms with Gasteiger partial charge in [0.2, 0.25) is 5.88 Å². The Balaban J connectivity index is 2.10. The van der Waals surface area contributed by atoms with E-state index in [1.54, 1.807) is 6.92 Å². The predicted octanol–water partition coefficient (Wildman–Crippen LogP) is 4.30. The molecule has 0 spiro atoms. The molecule has 0 aliphatic rings. The summed E-state index contributed by atoms with van der Waals surface area (Å²) in [5.41, 5.74) is 1.78. The molecule has 0 saturated heterocycles. The molecule has 5 nitrogen and oxygen atoms in total. The number of hydrogen-bond acceptors (Lipinski definition) is 4. The molecule has 0 radical (unpaired) electrons. The smallest absolute Gasteiger partial charge is 0.271 e. The molecule has 0 saturated carbocycles. The molecule has 0 bridgehead atoms. The second-order valence-corrected chi connectivity index (χ2v) is 6.88. The van der Waals surface area contributed by atoms with Gasteiger partial charge in [-0.05, 0) is 42.3 Å². The molecule has 6 heteroatoms. The number of aromatic hydroxyl groups is 1. The molecule has 0 aliphatic heterocycles. The number of pyridine rings is 1. The van der Waals surface area contributed by atoms with Crippen molar-refractivity contribution in [3.63, 3.8) is 0 Å². The summed E-state index contributed by atoms with van der Waals surface area (Å²) in [7, 11) is 0. The Labute approximate surface area is 165 Å². The van der Waals surface area contributed by atoms with Gasteiger partial charge in [0.15, 0.2) is 0 Å². The van der Waals surface area contributed by atoms with Crippen LogP contribution in [0.15, 0.2) is 68.9 Å². The Morgan fingerprint density at radius 3 is 2.48 bits per heavy atom. The van der Waals surface area contributed by atoms with E-state index in [-0.39, 0.29) is 18.0 Å². The Hall–Kier alpha value is -3.17. The van der Waals surface area contributed by atoms with Crippen molar-refractivity contribution in [2.75, 3.05) is 0 Å². The number of aliphatic imine (C=N–C) groups is 1. The summed E-state index contributed by atoms with van der Waals surface area (Å²) in [4.78, 5) is 17.0. The van der Waals surface area contributed by atoms with E-state index in [9.17, 15) is 15.2 Å². The molecule has 27 heavy (non-hydrogen) atoms. The van der Waals surface area contributed by atoms with Gasteiger partial charge in [-0.25, -0.2) is 0 Å². The summed E-state index contributed by atoms with van der Waals surface area (Å²) in [6, 6.07) is 18.6. The quantitative estimate of drug-likeness (QED) is 0.637. The number of benzene rings is 2. The lowest BCUT2D eigenvalue weighted by Gasteiger charge is -2.14. The van der Waals surface area contributed by atoms with E-state index >= 15 is 0 Å². The van der Waals surface area contributed by atoms with Crippen molar-refractivity contribution in [3.8, 4) is 11.9 Å². The van der Waals surface area contributed by atoms with Crippen LogP contribution in [0.4, 0.5) is 5.69 Å². The highest BCUT2D eigenvalue weighted by molar-refractivity contribution is 9.10. The minimum absolute atomic E-state index is 0.000914. The zero-order chi connectivity index (χ0) is 19.4. The van der Waals surface area contributed by atoms with Gasteiger partial charge in [-0.2, -0.15) is 5.26 Å². The summed E-state index contributed by atoms with van der Waals surface area (Å²) < 4.78 is 2.13. The Kier molecular flexibility index (Phi) is 5.53. The van der Waals surface area contributed by atoms with E-state index in [0.29, 0.717) is 16.8 Å². The molecule has 1 heterocycles. The standard InChI is InChI=1S/C21H16BrN3O2/c1-14-18(11-23)20(26)25(13-15-5-3-2-4-6-15)21(27)19(14)12-24-17-9-7-16(22)8-10-17/h2-10,12,27H,13H2,1H3. The van der Waals surface area contributed by atoms with Crippen molar-refractivity contribution >= 4 is 27.8 Å². The van der Waals surface area contributed by atoms with E-state index < -0.39 is 5.56 Å². The average Bonchev–Trinajstić information content (AvgIpc) is 2.68. The second kappa shape index (κ2) is 8.02. The van der Waals surface area contributed by atoms with E-state index in [1.807, 2.05) is 60.7 Å². The number of aromatic nitrogens is 1. The van der Waals surface area contributed by atoms with Crippen molar-refractivity contribution in [1.82, 2.24) is 4.57 Å². The van der Waals surface area contributed by atoms with Gasteiger partial charge >= 0.3 is 0 Å². The van der Waals surface area contributed by atoms with Gasteiger partial charge in [-0.1, -0.05) is 46.3 Å². The average molecular weight is 422 g/mol. The van der Waals surface area contributed by atoms with Crippen LogP contribution in [0.5, 0.6) is 5.88 Å². The third-order valence-electron chi connectivity index (χ3n) is 4.20. The number of nitriles is 1. The van der Waals surface area contributed by atoms with Crippen LogP contribution in [0, 0.1) is 18.3 Å². The maximum atomic E-state index is 12.6. The normalized spacial score (nSPS) is 10.9. The highest BCUT2D eigenvalue weighted by Gasteiger charge is 2.18. The first-order chi connectivity index (χ1) is 13.0. The molecular formula is C21H16BrN3O2. The van der Waals surface area contributed by atoms with E-state index in [2.05, 4.69) is 20.9 Å². The van der Waals surface area contributed by atoms with E-state index in [0.717, 1.165) is 10.0 Å². The third kappa shape index (κ3) is 3.99. The molecule has 1 N–H and O–H groups in total. The fourth-order valence-corrected chi connectivity index (χ4v) is 2.97. The fraction of sp³-hybridized carbons (Fsp3) is 0.0952. The molecule has 3 rings (SSSR count). The topological polar surface area (TPSA) is 78.4 Å². The minimum Gasteiger partial charge on any atom is -0.494 e. The van der Waals surface area contributed by atoms with E-state index in [1.165, 1.54) is 10.8 Å². The summed E-state index contributed by atoms with van der Waals surface area (Å²) in [6.45, 7) is 1.80. The zero-order valence-corrected chi connectivity index (χ0v) is 16.1. The molecule has 3 aromatic rings. The Bertz CT molecular complexity index is 1100. The maximum Gasteiger partial charge on any atom is 0.271 e. The molecule has 2 aromatic carbocycles. The van der Waals surface area contributed by atoms with Gasteiger partial charge in [0.25, 0.3) is 5.56 Å². The first-order valence-electron chi connectivity index (χ1n) is 8.21. The van der Waals surface area contributed by atoms with Crippen molar-refractivity contribution in [2.45, 2.75) is 13.5 Å². The highest BCUT2D eigenvalue weighted by Crippen LogP contribution is 2.23. The third-order valence-corrected chi connectivity index (χ3v) is 4.73. The molecule has 0 aliphatic carbocycles. The van der Waals surface area contributed by atoms with Crippen molar-refractivity contribution in [2.24, 2.45) is 4.99 Å². The van der Waals surface area contributed by atoms with Crippen LogP contribution >= 0.6 is 15.9 Å². The summed E-state index contributed by atoms with van der Waals surface area (Å²) >= 11 is 3.37. The second-order valence-electron chi connectivity index (χ2n) is 5.96. The van der Waals surface area contributed by atoms with Gasteiger partial charge in [0.05, 0.1) is 17.8 Å². The molecule has 0 amide bonds. The lowest BCUT2D eigenvalue weighted by atomic mass is 10.1. The Morgan fingerprint density at radius 1 is 1.19 bits per heavy atom. The number of hydrogen-bond donors (Lipinski definition) is 1. The first kappa shape index (κ1) is 18.6. The van der Waals surface area contributed by atoms with Crippen LogP contribution in [0.25, 0.3) is 0 Å². The number of halogens is 1. The lowest BCUT2D eigenvalue weighted by Crippen LogP contribution is -2.25. The lowest BCUT2D eigenvalue weighted by molar-refractivity contribution is 0.413. The van der Waals surface area contributed by atoms with Gasteiger partial charge < -0.3 is 5.11 Å². The zero-order valence-electron chi connectivity index (χ0n) is 14.6. The maximum absolute atomic E-state index is 12.6. The molecule has 0 fully saturated rings. The van der Waals surface area contributed by atoms with Crippen LogP contribution in [0.1, 0.15) is 22.3 Å². The predicted molar refractivity (Wildman–Crippen MR) is 109 cm³/mol. The van der Waals surface area contributed by atoms with Crippen molar-refractivity contribution in [1.29, 1.82) is 5.26 Å². The molecule has 134 valence electrons. The van der Waals surface area contributed by atoms with Gasteiger partial charge in [0, 0.05) is 10.7 Å². The Morgan fingerprint density at radius 2 is 1.85 bits per heavy atom. The van der Waals surface area contributed by atoms with E-state index in [4.69, 9.17) is 0 Å². The van der Waals surface area contributed by atoms with Gasteiger partial charge in [-0.15, -0.1) is 0 Å². The summed E-state index contributed by atoms with van der Waals surface area (Å²) in [5.74, 6) is -0.207. The van der Waals surface area contributed by atoms with Crippen LogP contribution in [0.2, 0.25) is 0 Å². The van der Waals surface area contributed by atoms with Crippen LogP contribution in [-0.4, -0.2) is 15.9 Å². The van der Waals surface area contributed by atoms with Crippen molar-refractivity contribution in [3.05, 3.63) is 91.7 Å². The highest BCUT2D eigenvalue weighted by atomic mass is 79.9. The van der Waals surface area contributed by atoms with Crippen LogP contribution < -0.4 is 5.56 Å². The molecule has 1 aromatic heterocycles. The molecule has 0 unspecified atom stereocenters. The monoisotopic (exact) mass is 421 g/mol. The summed E-state index contributed by atoms with van der Waals surface area (Å²) in [5, 5.41) is 20.1. The SMILES string of the molecule is Cc1c(C=Nc2ccc(Br)cc2)c(O)n(Cc2ccccc2)c(=O)c1C#N. The number of nitrogens with zero attached hydrogens (tertiary/aromatic N) is 3. The van der Waals surface area contributed by atoms with Crippen LogP contribution in [-0.2, 0) is 6.54 Å². The minimum atomic E-state index is -0.517. The molecule has 0 atom stereocenters. The molecular weight excluding hydrogens is 406 g/mol. The van der Waals surface area contributed by atoms with Gasteiger partial charge in [-0.3, -0.25) is 14.4 Å². The number of rotatable bonds is 4. The van der Waals surface area contributed by atoms with Crippen molar-refractivity contribution < 1.29 is 5.11 Å². The fourth-order valence-electron chi connectivity index (χ4n) is 2.70. The van der Waals surface area contributed by atoms with Crippen LogP contribution in [0.3, 0.4) is 0 Å².